The third kappa shape index (κ3) is 6.43. The van der Waals surface area contributed by atoms with Crippen LogP contribution in [-0.2, 0) is 16.1 Å². The van der Waals surface area contributed by atoms with Gasteiger partial charge in [0.1, 0.15) is 5.75 Å². The minimum absolute atomic E-state index is 0.128. The van der Waals surface area contributed by atoms with E-state index in [0.29, 0.717) is 17.0 Å². The van der Waals surface area contributed by atoms with Gasteiger partial charge >= 0.3 is 5.97 Å². The molecule has 1 aliphatic rings. The summed E-state index contributed by atoms with van der Waals surface area (Å²) in [5, 5.41) is 2.95. The number of rotatable bonds is 8. The smallest absolute Gasteiger partial charge is 0.337 e. The molecule has 188 valence electrons. The van der Waals surface area contributed by atoms with Gasteiger partial charge in [0.15, 0.2) is 6.61 Å². The number of piperazine rings is 1. The summed E-state index contributed by atoms with van der Waals surface area (Å²) in [6.45, 7) is 8.18. The van der Waals surface area contributed by atoms with Gasteiger partial charge in [0.2, 0.25) is 0 Å². The molecule has 7 nitrogen and oxygen atoms in total. The summed E-state index contributed by atoms with van der Waals surface area (Å²) in [6.07, 6.45) is 0. The Morgan fingerprint density at radius 3 is 2.36 bits per heavy atom. The largest absolute Gasteiger partial charge is 0.483 e. The number of hydrogen-bond acceptors (Lipinski definition) is 6. The summed E-state index contributed by atoms with van der Waals surface area (Å²) in [5.41, 5.74) is 5.24. The Morgan fingerprint density at radius 2 is 1.67 bits per heavy atom. The fraction of sp³-hybridized carbons (Fsp3) is 0.310. The molecule has 0 aromatic heterocycles. The molecule has 0 spiro atoms. The predicted octanol–water partition coefficient (Wildman–Crippen LogP) is 4.43. The highest BCUT2D eigenvalue weighted by molar-refractivity contribution is 5.98. The summed E-state index contributed by atoms with van der Waals surface area (Å²) in [7, 11) is 1.35. The predicted molar refractivity (Wildman–Crippen MR) is 142 cm³/mol. The van der Waals surface area contributed by atoms with Gasteiger partial charge in [-0.1, -0.05) is 48.0 Å². The second-order valence-electron chi connectivity index (χ2n) is 9.08. The van der Waals surface area contributed by atoms with E-state index in [0.717, 1.165) is 49.5 Å². The zero-order valence-electron chi connectivity index (χ0n) is 21.1. The number of carbonyl (C=O) groups excluding carboxylic acids is 2. The molecule has 4 rings (SSSR count). The monoisotopic (exact) mass is 487 g/mol. The van der Waals surface area contributed by atoms with Crippen molar-refractivity contribution in [1.82, 2.24) is 4.90 Å². The number of aryl methyl sites for hydroxylation is 2. The van der Waals surface area contributed by atoms with Crippen LogP contribution in [0, 0.1) is 13.8 Å². The lowest BCUT2D eigenvalue weighted by atomic mass is 10.1. The van der Waals surface area contributed by atoms with Gasteiger partial charge in [0.05, 0.1) is 24.0 Å². The summed E-state index contributed by atoms with van der Waals surface area (Å²) in [6, 6.07) is 21.6. The van der Waals surface area contributed by atoms with Crippen LogP contribution in [0.3, 0.4) is 0 Å². The minimum Gasteiger partial charge on any atom is -0.483 e. The van der Waals surface area contributed by atoms with Gasteiger partial charge in [0, 0.05) is 32.7 Å². The second kappa shape index (κ2) is 11.7. The van der Waals surface area contributed by atoms with Crippen molar-refractivity contribution in [3.8, 4) is 5.75 Å². The summed E-state index contributed by atoms with van der Waals surface area (Å²) < 4.78 is 10.6. The van der Waals surface area contributed by atoms with Gasteiger partial charge in [-0.2, -0.15) is 0 Å². The zero-order valence-corrected chi connectivity index (χ0v) is 21.1. The van der Waals surface area contributed by atoms with E-state index in [2.05, 4.69) is 39.4 Å². The number of benzene rings is 3. The Kier molecular flexibility index (Phi) is 8.23. The zero-order chi connectivity index (χ0) is 25.5. The van der Waals surface area contributed by atoms with Crippen LogP contribution in [0.4, 0.5) is 11.4 Å². The molecule has 0 bridgehead atoms. The Balaban J connectivity index is 1.44. The molecule has 1 aliphatic heterocycles. The molecule has 1 heterocycles. The van der Waals surface area contributed by atoms with Crippen LogP contribution in [0.2, 0.25) is 0 Å². The van der Waals surface area contributed by atoms with E-state index in [4.69, 9.17) is 9.47 Å². The molecule has 0 saturated carbocycles. The standard InChI is InChI=1S/C29H33N3O4/c1-21-9-12-27(22(2)17-21)36-20-28(33)30-25-18-24(29(34)35-3)10-11-26(25)32-15-13-31(14-16-32)19-23-7-5-4-6-8-23/h4-12,17-18H,13-16,19-20H2,1-3H3,(H,30,33). The van der Waals surface area contributed by atoms with Crippen molar-refractivity contribution in [2.45, 2.75) is 20.4 Å². The number of methoxy groups -OCH3 is 1. The average Bonchev–Trinajstić information content (AvgIpc) is 2.89. The summed E-state index contributed by atoms with van der Waals surface area (Å²) in [5.74, 6) is -0.0639. The first-order valence-corrected chi connectivity index (χ1v) is 12.2. The van der Waals surface area contributed by atoms with Crippen LogP contribution in [0.15, 0.2) is 66.7 Å². The van der Waals surface area contributed by atoms with Gasteiger partial charge < -0.3 is 19.7 Å². The first kappa shape index (κ1) is 25.3. The first-order chi connectivity index (χ1) is 17.4. The molecule has 0 atom stereocenters. The highest BCUT2D eigenvalue weighted by Crippen LogP contribution is 2.29. The molecule has 36 heavy (non-hydrogen) atoms. The number of amides is 1. The van der Waals surface area contributed by atoms with E-state index in [-0.39, 0.29) is 12.5 Å². The molecule has 1 fully saturated rings. The number of anilines is 2. The number of nitrogens with zero attached hydrogens (tertiary/aromatic N) is 2. The molecule has 1 amide bonds. The van der Waals surface area contributed by atoms with Crippen molar-refractivity contribution in [2.75, 3.05) is 50.1 Å². The van der Waals surface area contributed by atoms with Crippen LogP contribution in [0.1, 0.15) is 27.0 Å². The van der Waals surface area contributed by atoms with E-state index in [1.807, 2.05) is 44.2 Å². The third-order valence-electron chi connectivity index (χ3n) is 6.34. The summed E-state index contributed by atoms with van der Waals surface area (Å²) >= 11 is 0. The third-order valence-corrected chi connectivity index (χ3v) is 6.34. The SMILES string of the molecule is COC(=O)c1ccc(N2CCN(Cc3ccccc3)CC2)c(NC(=O)COc2ccc(C)cc2C)c1. The van der Waals surface area contributed by atoms with Crippen LogP contribution >= 0.6 is 0 Å². The van der Waals surface area contributed by atoms with E-state index < -0.39 is 5.97 Å². The molecule has 0 radical (unpaired) electrons. The second-order valence-corrected chi connectivity index (χ2v) is 9.08. The first-order valence-electron chi connectivity index (χ1n) is 12.2. The molecule has 7 heteroatoms. The molecular weight excluding hydrogens is 454 g/mol. The maximum absolute atomic E-state index is 12.8. The van der Waals surface area contributed by atoms with E-state index in [1.165, 1.54) is 12.7 Å². The molecule has 3 aromatic carbocycles. The van der Waals surface area contributed by atoms with Gasteiger partial charge in [-0.3, -0.25) is 9.69 Å². The fourth-order valence-corrected chi connectivity index (χ4v) is 4.44. The van der Waals surface area contributed by atoms with Crippen molar-refractivity contribution >= 4 is 23.3 Å². The van der Waals surface area contributed by atoms with E-state index in [1.54, 1.807) is 12.1 Å². The molecule has 0 aliphatic carbocycles. The van der Waals surface area contributed by atoms with Gasteiger partial charge in [-0.25, -0.2) is 4.79 Å². The lowest BCUT2D eigenvalue weighted by molar-refractivity contribution is -0.118. The lowest BCUT2D eigenvalue weighted by Gasteiger charge is -2.37. The van der Waals surface area contributed by atoms with Gasteiger partial charge in [-0.05, 0) is 49.2 Å². The number of carbonyl (C=O) groups is 2. The summed E-state index contributed by atoms with van der Waals surface area (Å²) in [4.78, 5) is 29.6. The quantitative estimate of drug-likeness (QED) is 0.474. The highest BCUT2D eigenvalue weighted by atomic mass is 16.5. The van der Waals surface area contributed by atoms with Crippen molar-refractivity contribution in [3.63, 3.8) is 0 Å². The molecular formula is C29H33N3O4. The Morgan fingerprint density at radius 1 is 0.917 bits per heavy atom. The normalized spacial score (nSPS) is 13.8. The van der Waals surface area contributed by atoms with Crippen molar-refractivity contribution < 1.29 is 19.1 Å². The van der Waals surface area contributed by atoms with Crippen LogP contribution in [0.5, 0.6) is 5.75 Å². The molecule has 3 aromatic rings. The number of hydrogen-bond donors (Lipinski definition) is 1. The molecule has 1 N–H and O–H groups in total. The van der Waals surface area contributed by atoms with E-state index in [9.17, 15) is 9.59 Å². The maximum atomic E-state index is 12.8. The Labute approximate surface area is 212 Å². The maximum Gasteiger partial charge on any atom is 0.337 e. The fourth-order valence-electron chi connectivity index (χ4n) is 4.44. The van der Waals surface area contributed by atoms with Gasteiger partial charge in [-0.15, -0.1) is 0 Å². The Hall–Kier alpha value is -3.84. The number of esters is 1. The topological polar surface area (TPSA) is 71.1 Å². The van der Waals surface area contributed by atoms with Crippen molar-refractivity contribution in [3.05, 3.63) is 89.0 Å². The minimum atomic E-state index is -0.448. The van der Waals surface area contributed by atoms with Crippen molar-refractivity contribution in [1.29, 1.82) is 0 Å². The van der Waals surface area contributed by atoms with Gasteiger partial charge in [0.25, 0.3) is 5.91 Å². The lowest BCUT2D eigenvalue weighted by Crippen LogP contribution is -2.46. The number of nitrogens with one attached hydrogen (secondary N) is 1. The highest BCUT2D eigenvalue weighted by Gasteiger charge is 2.21. The molecule has 0 unspecified atom stereocenters. The molecule has 1 saturated heterocycles. The van der Waals surface area contributed by atoms with Crippen LogP contribution in [0.25, 0.3) is 0 Å². The van der Waals surface area contributed by atoms with Crippen LogP contribution in [-0.4, -0.2) is 56.7 Å². The Bertz CT molecular complexity index is 1200. The van der Waals surface area contributed by atoms with E-state index >= 15 is 0 Å². The average molecular weight is 488 g/mol. The van der Waals surface area contributed by atoms with Crippen LogP contribution < -0.4 is 15.0 Å². The van der Waals surface area contributed by atoms with Crippen molar-refractivity contribution in [2.24, 2.45) is 0 Å². The number of ether oxygens (including phenoxy) is 2.